The lowest BCUT2D eigenvalue weighted by Gasteiger charge is -2.35. The fourth-order valence-corrected chi connectivity index (χ4v) is 3.26. The van der Waals surface area contributed by atoms with E-state index in [1.165, 1.54) is 18.2 Å². The summed E-state index contributed by atoms with van der Waals surface area (Å²) in [5.41, 5.74) is 2.77. The highest BCUT2D eigenvalue weighted by Gasteiger charge is 2.22. The van der Waals surface area contributed by atoms with Gasteiger partial charge in [-0.05, 0) is 55.3 Å². The van der Waals surface area contributed by atoms with E-state index in [0.29, 0.717) is 13.1 Å². The highest BCUT2D eigenvalue weighted by Crippen LogP contribution is 2.28. The van der Waals surface area contributed by atoms with E-state index >= 15 is 0 Å². The molecule has 0 spiro atoms. The fraction of sp³-hybridized carbons (Fsp3) is 0.350. The Bertz CT molecular complexity index is 878. The Labute approximate surface area is 162 Å². The van der Waals surface area contributed by atoms with Gasteiger partial charge in [-0.15, -0.1) is 0 Å². The molecule has 8 heteroatoms. The number of benzene rings is 2. The summed E-state index contributed by atoms with van der Waals surface area (Å²) < 4.78 is 13.1. The second-order valence-electron chi connectivity index (χ2n) is 7.00. The maximum absolute atomic E-state index is 13.1. The van der Waals surface area contributed by atoms with E-state index in [0.717, 1.165) is 29.9 Å². The number of carbonyl (C=O) groups excluding carboxylic acids is 1. The van der Waals surface area contributed by atoms with Gasteiger partial charge in [-0.3, -0.25) is 19.8 Å². The first-order chi connectivity index (χ1) is 13.3. The predicted octanol–water partition coefficient (Wildman–Crippen LogP) is 3.11. The average Bonchev–Trinajstić information content (AvgIpc) is 2.65. The van der Waals surface area contributed by atoms with Crippen molar-refractivity contribution in [3.05, 3.63) is 63.5 Å². The van der Waals surface area contributed by atoms with Crippen LogP contribution in [-0.2, 0) is 4.79 Å². The highest BCUT2D eigenvalue weighted by atomic mass is 19.1. The van der Waals surface area contributed by atoms with Crippen LogP contribution in [0.25, 0.3) is 0 Å². The van der Waals surface area contributed by atoms with Gasteiger partial charge in [0.15, 0.2) is 0 Å². The lowest BCUT2D eigenvalue weighted by molar-refractivity contribution is -0.384. The minimum absolute atomic E-state index is 0.0995. The van der Waals surface area contributed by atoms with Crippen LogP contribution in [0.2, 0.25) is 0 Å². The standard InChI is InChI=1S/C20H23FN4O3/c1-14-11-18(19(25(27)28)12-15(14)2)22-20(26)13-23-7-9-24(10-8-23)17-5-3-16(21)4-6-17/h3-6,11-12H,7-10,13H2,1-2H3,(H,22,26). The molecular formula is C20H23FN4O3. The van der Waals surface area contributed by atoms with Crippen molar-refractivity contribution in [2.24, 2.45) is 0 Å². The number of rotatable bonds is 5. The Hall–Kier alpha value is -3.00. The van der Waals surface area contributed by atoms with Crippen LogP contribution < -0.4 is 10.2 Å². The maximum atomic E-state index is 13.1. The molecule has 28 heavy (non-hydrogen) atoms. The van der Waals surface area contributed by atoms with Gasteiger partial charge in [0.05, 0.1) is 11.5 Å². The normalized spacial score (nSPS) is 14.8. The van der Waals surface area contributed by atoms with E-state index in [1.807, 2.05) is 11.8 Å². The second kappa shape index (κ2) is 8.35. The molecule has 7 nitrogen and oxygen atoms in total. The number of hydrogen-bond donors (Lipinski definition) is 1. The molecule has 1 amide bonds. The van der Waals surface area contributed by atoms with Gasteiger partial charge in [-0.2, -0.15) is 0 Å². The van der Waals surface area contributed by atoms with Crippen molar-refractivity contribution in [2.45, 2.75) is 13.8 Å². The summed E-state index contributed by atoms with van der Waals surface area (Å²) in [7, 11) is 0. The molecule has 0 aromatic heterocycles. The number of nitro groups is 1. The Kier molecular flexibility index (Phi) is 5.89. The third kappa shape index (κ3) is 4.64. The summed E-state index contributed by atoms with van der Waals surface area (Å²) in [6.45, 7) is 6.63. The molecule has 1 heterocycles. The molecule has 2 aromatic carbocycles. The molecule has 0 radical (unpaired) electrons. The number of hydrogen-bond acceptors (Lipinski definition) is 5. The molecule has 0 unspecified atom stereocenters. The molecular weight excluding hydrogens is 363 g/mol. The smallest absolute Gasteiger partial charge is 0.293 e. The molecule has 0 saturated carbocycles. The molecule has 0 aliphatic carbocycles. The summed E-state index contributed by atoms with van der Waals surface area (Å²) in [6, 6.07) is 9.48. The second-order valence-corrected chi connectivity index (χ2v) is 7.00. The van der Waals surface area contributed by atoms with Crippen LogP contribution in [0.1, 0.15) is 11.1 Å². The van der Waals surface area contributed by atoms with E-state index in [-0.39, 0.29) is 29.6 Å². The molecule has 1 N–H and O–H groups in total. The molecule has 1 saturated heterocycles. The number of nitro benzene ring substituents is 1. The van der Waals surface area contributed by atoms with Gasteiger partial charge in [-0.25, -0.2) is 4.39 Å². The summed E-state index contributed by atoms with van der Waals surface area (Å²) in [5, 5.41) is 13.9. The van der Waals surface area contributed by atoms with E-state index in [9.17, 15) is 19.3 Å². The van der Waals surface area contributed by atoms with Crippen molar-refractivity contribution in [3.8, 4) is 0 Å². The van der Waals surface area contributed by atoms with Gasteiger partial charge >= 0.3 is 0 Å². The van der Waals surface area contributed by atoms with Gasteiger partial charge in [0.2, 0.25) is 5.91 Å². The molecule has 1 aliphatic rings. The van der Waals surface area contributed by atoms with Crippen LogP contribution in [0.4, 0.5) is 21.5 Å². The minimum atomic E-state index is -0.483. The van der Waals surface area contributed by atoms with Crippen molar-refractivity contribution < 1.29 is 14.1 Å². The molecule has 0 bridgehead atoms. The van der Waals surface area contributed by atoms with Crippen molar-refractivity contribution in [3.63, 3.8) is 0 Å². The monoisotopic (exact) mass is 386 g/mol. The van der Waals surface area contributed by atoms with E-state index in [2.05, 4.69) is 10.2 Å². The van der Waals surface area contributed by atoms with Gasteiger partial charge in [0.25, 0.3) is 5.69 Å². The number of anilines is 2. The van der Waals surface area contributed by atoms with E-state index in [4.69, 9.17) is 0 Å². The minimum Gasteiger partial charge on any atom is -0.369 e. The van der Waals surface area contributed by atoms with Crippen molar-refractivity contribution >= 4 is 23.0 Å². The Morgan fingerprint density at radius 3 is 2.32 bits per heavy atom. The first kappa shape index (κ1) is 19.8. The van der Waals surface area contributed by atoms with Gasteiger partial charge in [-0.1, -0.05) is 0 Å². The zero-order valence-corrected chi connectivity index (χ0v) is 15.9. The van der Waals surface area contributed by atoms with Crippen LogP contribution >= 0.6 is 0 Å². The molecule has 0 atom stereocenters. The van der Waals surface area contributed by atoms with E-state index < -0.39 is 4.92 Å². The molecule has 2 aromatic rings. The third-order valence-electron chi connectivity index (χ3n) is 5.01. The van der Waals surface area contributed by atoms with Crippen LogP contribution in [0.5, 0.6) is 0 Å². The lowest BCUT2D eigenvalue weighted by atomic mass is 10.1. The molecule has 1 fully saturated rings. The zero-order chi connectivity index (χ0) is 20.3. The van der Waals surface area contributed by atoms with Crippen molar-refractivity contribution in [2.75, 3.05) is 42.9 Å². The third-order valence-corrected chi connectivity index (χ3v) is 5.01. The first-order valence-electron chi connectivity index (χ1n) is 9.12. The Morgan fingerprint density at radius 2 is 1.71 bits per heavy atom. The molecule has 3 rings (SSSR count). The molecule has 1 aliphatic heterocycles. The molecule has 148 valence electrons. The SMILES string of the molecule is Cc1cc(NC(=O)CN2CCN(c3ccc(F)cc3)CC2)c([N+](=O)[O-])cc1C. The number of halogens is 1. The average molecular weight is 386 g/mol. The van der Waals surface area contributed by atoms with E-state index in [1.54, 1.807) is 25.1 Å². The summed E-state index contributed by atoms with van der Waals surface area (Å²) >= 11 is 0. The van der Waals surface area contributed by atoms with Gasteiger partial charge < -0.3 is 10.2 Å². The number of nitrogens with zero attached hydrogens (tertiary/aromatic N) is 3. The summed E-state index contributed by atoms with van der Waals surface area (Å²) in [6.07, 6.45) is 0. The Morgan fingerprint density at radius 1 is 1.11 bits per heavy atom. The van der Waals surface area contributed by atoms with Crippen molar-refractivity contribution in [1.82, 2.24) is 4.90 Å². The van der Waals surface area contributed by atoms with Crippen LogP contribution in [0, 0.1) is 29.8 Å². The summed E-state index contributed by atoms with van der Waals surface area (Å²) in [4.78, 5) is 27.3. The Balaban J connectivity index is 1.57. The van der Waals surface area contributed by atoms with Gasteiger partial charge in [0, 0.05) is 37.9 Å². The number of amides is 1. The van der Waals surface area contributed by atoms with Crippen LogP contribution in [0.15, 0.2) is 36.4 Å². The number of nitrogens with one attached hydrogen (secondary N) is 1. The summed E-state index contributed by atoms with van der Waals surface area (Å²) in [5.74, 6) is -0.541. The zero-order valence-electron chi connectivity index (χ0n) is 15.9. The van der Waals surface area contributed by atoms with Crippen molar-refractivity contribution in [1.29, 1.82) is 0 Å². The lowest BCUT2D eigenvalue weighted by Crippen LogP contribution is -2.48. The topological polar surface area (TPSA) is 78.7 Å². The van der Waals surface area contributed by atoms with Crippen LogP contribution in [0.3, 0.4) is 0 Å². The number of carbonyl (C=O) groups is 1. The number of aryl methyl sites for hydroxylation is 2. The quantitative estimate of drug-likeness (QED) is 0.631. The van der Waals surface area contributed by atoms with Crippen LogP contribution in [-0.4, -0.2) is 48.5 Å². The largest absolute Gasteiger partial charge is 0.369 e. The first-order valence-corrected chi connectivity index (χ1v) is 9.12. The maximum Gasteiger partial charge on any atom is 0.293 e. The van der Waals surface area contributed by atoms with Gasteiger partial charge in [0.1, 0.15) is 11.5 Å². The predicted molar refractivity (Wildman–Crippen MR) is 106 cm³/mol. The highest BCUT2D eigenvalue weighted by molar-refractivity contribution is 5.94. The fourth-order valence-electron chi connectivity index (χ4n) is 3.26. The number of piperazine rings is 1.